The number of halogens is 1. The van der Waals surface area contributed by atoms with Crippen molar-refractivity contribution in [1.29, 1.82) is 0 Å². The largest absolute Gasteiger partial charge is 0.483 e. The third-order valence-electron chi connectivity index (χ3n) is 3.32. The minimum atomic E-state index is -0.0897. The maximum absolute atomic E-state index is 11.9. The number of ether oxygens (including phenoxy) is 2. The van der Waals surface area contributed by atoms with Gasteiger partial charge in [0.05, 0.1) is 4.47 Å². The Hall–Kier alpha value is -1.11. The summed E-state index contributed by atoms with van der Waals surface area (Å²) in [5, 5.41) is 6.06. The maximum Gasteiger partial charge on any atom is 0.258 e. The second-order valence-corrected chi connectivity index (χ2v) is 5.89. The highest BCUT2D eigenvalue weighted by Gasteiger charge is 2.16. The average Bonchev–Trinajstić information content (AvgIpc) is 2.48. The molecule has 0 spiro atoms. The van der Waals surface area contributed by atoms with Crippen LogP contribution in [0.3, 0.4) is 0 Å². The minimum Gasteiger partial charge on any atom is -0.483 e. The van der Waals surface area contributed by atoms with E-state index in [4.69, 9.17) is 9.47 Å². The van der Waals surface area contributed by atoms with E-state index >= 15 is 0 Å². The van der Waals surface area contributed by atoms with Crippen LogP contribution in [0.2, 0.25) is 0 Å². The van der Waals surface area contributed by atoms with Gasteiger partial charge in [-0.2, -0.15) is 0 Å². The highest BCUT2D eigenvalue weighted by atomic mass is 79.9. The smallest absolute Gasteiger partial charge is 0.258 e. The average molecular weight is 357 g/mol. The summed E-state index contributed by atoms with van der Waals surface area (Å²) in [7, 11) is 1.90. The van der Waals surface area contributed by atoms with Crippen LogP contribution in [0.25, 0.3) is 0 Å². The molecule has 1 fully saturated rings. The van der Waals surface area contributed by atoms with Crippen molar-refractivity contribution in [2.75, 3.05) is 26.9 Å². The lowest BCUT2D eigenvalue weighted by molar-refractivity contribution is -0.124. The molecule has 1 saturated heterocycles. The van der Waals surface area contributed by atoms with Crippen molar-refractivity contribution < 1.29 is 14.3 Å². The van der Waals surface area contributed by atoms with Crippen molar-refractivity contribution in [3.05, 3.63) is 28.2 Å². The van der Waals surface area contributed by atoms with Crippen molar-refractivity contribution in [2.24, 2.45) is 0 Å². The first-order valence-electron chi connectivity index (χ1n) is 7.12. The van der Waals surface area contributed by atoms with Gasteiger partial charge in [-0.3, -0.25) is 4.79 Å². The molecule has 0 radical (unpaired) electrons. The van der Waals surface area contributed by atoms with Crippen LogP contribution in [0.1, 0.15) is 18.4 Å². The maximum atomic E-state index is 11.9. The number of amides is 1. The molecule has 1 heterocycles. The number of rotatable bonds is 6. The van der Waals surface area contributed by atoms with Gasteiger partial charge in [-0.1, -0.05) is 6.07 Å². The molecular formula is C15H21BrN2O3. The molecule has 0 bridgehead atoms. The Morgan fingerprint density at radius 1 is 1.43 bits per heavy atom. The first-order valence-corrected chi connectivity index (χ1v) is 7.91. The second kappa shape index (κ2) is 8.36. The quantitative estimate of drug-likeness (QED) is 0.816. The van der Waals surface area contributed by atoms with E-state index in [1.165, 1.54) is 0 Å². The molecule has 116 valence electrons. The van der Waals surface area contributed by atoms with Gasteiger partial charge in [0.1, 0.15) is 5.75 Å². The molecule has 1 aliphatic rings. The van der Waals surface area contributed by atoms with Gasteiger partial charge >= 0.3 is 0 Å². The normalized spacial score (nSPS) is 15.7. The Morgan fingerprint density at radius 3 is 2.86 bits per heavy atom. The van der Waals surface area contributed by atoms with Crippen LogP contribution in [0, 0.1) is 0 Å². The van der Waals surface area contributed by atoms with Gasteiger partial charge in [-0.05, 0) is 53.5 Å². The third-order valence-corrected chi connectivity index (χ3v) is 3.94. The zero-order valence-corrected chi connectivity index (χ0v) is 13.7. The van der Waals surface area contributed by atoms with Crippen molar-refractivity contribution in [2.45, 2.75) is 25.4 Å². The molecule has 21 heavy (non-hydrogen) atoms. The van der Waals surface area contributed by atoms with Gasteiger partial charge in [0.2, 0.25) is 0 Å². The summed E-state index contributed by atoms with van der Waals surface area (Å²) in [6.45, 7) is 2.25. The number of carbonyl (C=O) groups is 1. The molecule has 0 saturated carbocycles. The van der Waals surface area contributed by atoms with E-state index in [2.05, 4.69) is 26.6 Å². The predicted molar refractivity (Wildman–Crippen MR) is 84.4 cm³/mol. The lowest BCUT2D eigenvalue weighted by Gasteiger charge is -2.23. The summed E-state index contributed by atoms with van der Waals surface area (Å²) < 4.78 is 11.7. The summed E-state index contributed by atoms with van der Waals surface area (Å²) in [6.07, 6.45) is 1.74. The fraction of sp³-hybridized carbons (Fsp3) is 0.533. The van der Waals surface area contributed by atoms with E-state index in [0.717, 1.165) is 29.4 Å². The molecule has 1 aromatic carbocycles. The molecule has 0 atom stereocenters. The Kier molecular flexibility index (Phi) is 6.48. The number of hydrogen-bond acceptors (Lipinski definition) is 4. The number of nitrogens with one attached hydrogen (secondary N) is 2. The highest BCUT2D eigenvalue weighted by Crippen LogP contribution is 2.26. The number of carbonyl (C=O) groups excluding carboxylic acids is 1. The SMILES string of the molecule is CNCc1ccc(OCC(=O)NC2CCOCC2)c(Br)c1. The molecule has 1 aliphatic heterocycles. The van der Waals surface area contributed by atoms with Gasteiger partial charge in [-0.15, -0.1) is 0 Å². The predicted octanol–water partition coefficient (Wildman–Crippen LogP) is 1.84. The summed E-state index contributed by atoms with van der Waals surface area (Å²) in [4.78, 5) is 11.9. The lowest BCUT2D eigenvalue weighted by Crippen LogP contribution is -2.41. The van der Waals surface area contributed by atoms with Crippen LogP contribution >= 0.6 is 15.9 Å². The van der Waals surface area contributed by atoms with Gasteiger partial charge < -0.3 is 20.1 Å². The van der Waals surface area contributed by atoms with Crippen LogP contribution in [-0.4, -0.2) is 38.8 Å². The van der Waals surface area contributed by atoms with Gasteiger partial charge in [0.25, 0.3) is 5.91 Å². The molecule has 0 aliphatic carbocycles. The first kappa shape index (κ1) is 16.3. The van der Waals surface area contributed by atoms with Gasteiger partial charge in [-0.25, -0.2) is 0 Å². The number of benzene rings is 1. The molecule has 6 heteroatoms. The van der Waals surface area contributed by atoms with Crippen molar-refractivity contribution in [3.8, 4) is 5.75 Å². The minimum absolute atomic E-state index is 0.0291. The Labute approximate surface area is 133 Å². The Bertz CT molecular complexity index is 476. The van der Waals surface area contributed by atoms with E-state index in [1.807, 2.05) is 25.2 Å². The van der Waals surface area contributed by atoms with Crippen LogP contribution in [0.15, 0.2) is 22.7 Å². The molecule has 2 rings (SSSR count). The van der Waals surface area contributed by atoms with Crippen LogP contribution < -0.4 is 15.4 Å². The highest BCUT2D eigenvalue weighted by molar-refractivity contribution is 9.10. The Morgan fingerprint density at radius 2 is 2.19 bits per heavy atom. The zero-order chi connectivity index (χ0) is 15.1. The molecular weight excluding hydrogens is 336 g/mol. The number of hydrogen-bond donors (Lipinski definition) is 2. The van der Waals surface area contributed by atoms with Crippen LogP contribution in [-0.2, 0) is 16.1 Å². The van der Waals surface area contributed by atoms with E-state index in [-0.39, 0.29) is 18.6 Å². The standard InChI is InChI=1S/C15H21BrN2O3/c1-17-9-11-2-3-14(13(16)8-11)21-10-15(19)18-12-4-6-20-7-5-12/h2-3,8,12,17H,4-7,9-10H2,1H3,(H,18,19). The monoisotopic (exact) mass is 356 g/mol. The fourth-order valence-corrected chi connectivity index (χ4v) is 2.77. The molecule has 0 unspecified atom stereocenters. The summed E-state index contributed by atoms with van der Waals surface area (Å²) in [6, 6.07) is 6.05. The first-order chi connectivity index (χ1) is 10.2. The Balaban J connectivity index is 1.80. The van der Waals surface area contributed by atoms with Crippen LogP contribution in [0.5, 0.6) is 5.75 Å². The molecule has 5 nitrogen and oxygen atoms in total. The van der Waals surface area contributed by atoms with E-state index < -0.39 is 0 Å². The molecule has 0 aromatic heterocycles. The zero-order valence-electron chi connectivity index (χ0n) is 12.2. The van der Waals surface area contributed by atoms with Crippen molar-refractivity contribution in [3.63, 3.8) is 0 Å². The molecule has 1 aromatic rings. The second-order valence-electron chi connectivity index (χ2n) is 5.04. The summed E-state index contributed by atoms with van der Waals surface area (Å²) in [5.74, 6) is 0.588. The van der Waals surface area contributed by atoms with Gasteiger partial charge in [0, 0.05) is 25.8 Å². The van der Waals surface area contributed by atoms with Gasteiger partial charge in [0.15, 0.2) is 6.61 Å². The van der Waals surface area contributed by atoms with E-state index in [0.29, 0.717) is 19.0 Å². The molecule has 1 amide bonds. The van der Waals surface area contributed by atoms with E-state index in [1.54, 1.807) is 0 Å². The molecule has 2 N–H and O–H groups in total. The summed E-state index contributed by atoms with van der Waals surface area (Å²) in [5.41, 5.74) is 1.16. The lowest BCUT2D eigenvalue weighted by atomic mass is 10.1. The van der Waals surface area contributed by atoms with Crippen molar-refractivity contribution in [1.82, 2.24) is 10.6 Å². The van der Waals surface area contributed by atoms with Crippen molar-refractivity contribution >= 4 is 21.8 Å². The third kappa shape index (κ3) is 5.30. The topological polar surface area (TPSA) is 59.6 Å². The summed E-state index contributed by atoms with van der Waals surface area (Å²) >= 11 is 3.46. The fourth-order valence-electron chi connectivity index (χ4n) is 2.23. The van der Waals surface area contributed by atoms with Crippen LogP contribution in [0.4, 0.5) is 0 Å². The van der Waals surface area contributed by atoms with E-state index in [9.17, 15) is 4.79 Å².